The highest BCUT2D eigenvalue weighted by Crippen LogP contribution is 2.41. The molecule has 1 aromatic rings. The van der Waals surface area contributed by atoms with Crippen molar-refractivity contribution in [1.82, 2.24) is 0 Å². The molecule has 0 unspecified atom stereocenters. The van der Waals surface area contributed by atoms with Gasteiger partial charge in [-0.15, -0.1) is 0 Å². The quantitative estimate of drug-likeness (QED) is 0.856. The molecular weight excluding hydrogens is 236 g/mol. The lowest BCUT2D eigenvalue weighted by Crippen LogP contribution is -2.64. The van der Waals surface area contributed by atoms with Crippen LogP contribution in [0, 0.1) is 6.92 Å². The van der Waals surface area contributed by atoms with Crippen LogP contribution >= 0.6 is 0 Å². The molecule has 106 valence electrons. The molecular formula is C16H26N2O. The standard InChI is InChI=1S/C16H26N2O/c1-4-18(14-8-6-7-13(3)9-14)16(12-17)10-15(11-16)19-5-2/h6-9,15H,4-5,10-12,17H2,1-3H3. The number of nitrogens with two attached hydrogens (primary N) is 1. The van der Waals surface area contributed by atoms with Crippen molar-refractivity contribution < 1.29 is 4.74 Å². The molecule has 0 heterocycles. The molecule has 0 aliphatic heterocycles. The van der Waals surface area contributed by atoms with Crippen LogP contribution in [0.15, 0.2) is 24.3 Å². The number of hydrogen-bond donors (Lipinski definition) is 1. The van der Waals surface area contributed by atoms with Crippen LogP contribution in [0.2, 0.25) is 0 Å². The van der Waals surface area contributed by atoms with Crippen molar-refractivity contribution in [2.45, 2.75) is 45.3 Å². The van der Waals surface area contributed by atoms with Crippen LogP contribution in [-0.2, 0) is 4.74 Å². The summed E-state index contributed by atoms with van der Waals surface area (Å²) in [6.07, 6.45) is 2.46. The van der Waals surface area contributed by atoms with E-state index in [0.717, 1.165) is 26.0 Å². The van der Waals surface area contributed by atoms with Crippen molar-refractivity contribution in [2.75, 3.05) is 24.6 Å². The van der Waals surface area contributed by atoms with Crippen LogP contribution < -0.4 is 10.6 Å². The first-order valence-corrected chi connectivity index (χ1v) is 7.31. The molecule has 3 nitrogen and oxygen atoms in total. The van der Waals surface area contributed by atoms with E-state index in [2.05, 4.69) is 49.9 Å². The zero-order valence-corrected chi connectivity index (χ0v) is 12.4. The van der Waals surface area contributed by atoms with Crippen LogP contribution in [0.1, 0.15) is 32.3 Å². The molecule has 0 bridgehead atoms. The van der Waals surface area contributed by atoms with Gasteiger partial charge in [0.2, 0.25) is 0 Å². The maximum absolute atomic E-state index is 6.08. The third-order valence-corrected chi connectivity index (χ3v) is 4.20. The first kappa shape index (κ1) is 14.4. The molecule has 0 saturated heterocycles. The van der Waals surface area contributed by atoms with Gasteiger partial charge in [0.15, 0.2) is 0 Å². The molecule has 0 spiro atoms. The highest BCUT2D eigenvalue weighted by atomic mass is 16.5. The van der Waals surface area contributed by atoms with Gasteiger partial charge in [-0.1, -0.05) is 12.1 Å². The second kappa shape index (κ2) is 5.93. The molecule has 2 N–H and O–H groups in total. The van der Waals surface area contributed by atoms with Gasteiger partial charge in [0.25, 0.3) is 0 Å². The molecule has 0 radical (unpaired) electrons. The van der Waals surface area contributed by atoms with Gasteiger partial charge in [-0.2, -0.15) is 0 Å². The summed E-state index contributed by atoms with van der Waals surface area (Å²) in [5.41, 5.74) is 8.74. The van der Waals surface area contributed by atoms with E-state index >= 15 is 0 Å². The fraction of sp³-hybridized carbons (Fsp3) is 0.625. The van der Waals surface area contributed by atoms with Gasteiger partial charge in [0.1, 0.15) is 0 Å². The minimum absolute atomic E-state index is 0.0857. The highest BCUT2D eigenvalue weighted by molar-refractivity contribution is 5.52. The van der Waals surface area contributed by atoms with Crippen LogP contribution in [0.4, 0.5) is 5.69 Å². The third-order valence-electron chi connectivity index (χ3n) is 4.20. The number of nitrogens with zero attached hydrogens (tertiary/aromatic N) is 1. The molecule has 3 heteroatoms. The van der Waals surface area contributed by atoms with E-state index in [9.17, 15) is 0 Å². The van der Waals surface area contributed by atoms with Gasteiger partial charge in [-0.25, -0.2) is 0 Å². The topological polar surface area (TPSA) is 38.5 Å². The summed E-state index contributed by atoms with van der Waals surface area (Å²) >= 11 is 0. The van der Waals surface area contributed by atoms with E-state index in [4.69, 9.17) is 10.5 Å². The molecule has 1 aliphatic carbocycles. The number of rotatable bonds is 6. The average Bonchev–Trinajstić information content (AvgIpc) is 2.36. The molecule has 1 aliphatic rings. The van der Waals surface area contributed by atoms with E-state index in [0.29, 0.717) is 12.6 Å². The minimum Gasteiger partial charge on any atom is -0.378 e. The average molecular weight is 262 g/mol. The maximum Gasteiger partial charge on any atom is 0.0620 e. The van der Waals surface area contributed by atoms with E-state index < -0.39 is 0 Å². The van der Waals surface area contributed by atoms with Crippen molar-refractivity contribution in [3.63, 3.8) is 0 Å². The molecule has 0 aromatic heterocycles. The largest absolute Gasteiger partial charge is 0.378 e. The van der Waals surface area contributed by atoms with Crippen molar-refractivity contribution in [3.8, 4) is 0 Å². The van der Waals surface area contributed by atoms with Gasteiger partial charge in [-0.3, -0.25) is 0 Å². The van der Waals surface area contributed by atoms with Crippen LogP contribution in [0.3, 0.4) is 0 Å². The Kier molecular flexibility index (Phi) is 4.48. The Labute approximate surface area is 116 Å². The van der Waals surface area contributed by atoms with Crippen LogP contribution in [0.5, 0.6) is 0 Å². The summed E-state index contributed by atoms with van der Waals surface area (Å²) < 4.78 is 5.71. The predicted molar refractivity (Wildman–Crippen MR) is 80.6 cm³/mol. The number of ether oxygens (including phenoxy) is 1. The number of benzene rings is 1. The summed E-state index contributed by atoms with van der Waals surface area (Å²) in [6, 6.07) is 8.68. The molecule has 2 rings (SSSR count). The highest BCUT2D eigenvalue weighted by Gasteiger charge is 2.47. The monoisotopic (exact) mass is 262 g/mol. The lowest BCUT2D eigenvalue weighted by Gasteiger charge is -2.54. The van der Waals surface area contributed by atoms with E-state index in [1.807, 2.05) is 0 Å². The summed E-state index contributed by atoms with van der Waals surface area (Å²) in [5.74, 6) is 0. The fourth-order valence-corrected chi connectivity index (χ4v) is 3.23. The lowest BCUT2D eigenvalue weighted by molar-refractivity contribution is -0.0367. The number of anilines is 1. The molecule has 1 aromatic carbocycles. The summed E-state index contributed by atoms with van der Waals surface area (Å²) in [6.45, 7) is 8.87. The first-order chi connectivity index (χ1) is 9.15. The Bertz CT molecular complexity index is 413. The van der Waals surface area contributed by atoms with Gasteiger partial charge in [-0.05, 0) is 51.3 Å². The van der Waals surface area contributed by atoms with Crippen molar-refractivity contribution in [3.05, 3.63) is 29.8 Å². The Morgan fingerprint density at radius 2 is 2.11 bits per heavy atom. The normalized spacial score (nSPS) is 26.0. The van der Waals surface area contributed by atoms with Gasteiger partial charge in [0.05, 0.1) is 11.6 Å². The van der Waals surface area contributed by atoms with E-state index in [1.54, 1.807) is 0 Å². The fourth-order valence-electron chi connectivity index (χ4n) is 3.23. The SMILES string of the molecule is CCOC1CC(CN)(N(CC)c2cccc(C)c2)C1. The maximum atomic E-state index is 6.08. The molecule has 1 fully saturated rings. The van der Waals surface area contributed by atoms with Crippen LogP contribution in [-0.4, -0.2) is 31.3 Å². The second-order valence-corrected chi connectivity index (χ2v) is 5.50. The summed E-state index contributed by atoms with van der Waals surface area (Å²) in [4.78, 5) is 2.45. The minimum atomic E-state index is 0.0857. The summed E-state index contributed by atoms with van der Waals surface area (Å²) in [7, 11) is 0. The van der Waals surface area contributed by atoms with Gasteiger partial charge in [0, 0.05) is 25.4 Å². The van der Waals surface area contributed by atoms with Crippen molar-refractivity contribution in [1.29, 1.82) is 0 Å². The Balaban J connectivity index is 2.17. The molecule has 0 amide bonds. The number of likely N-dealkylation sites (N-methyl/N-ethyl adjacent to an activating group) is 1. The van der Waals surface area contributed by atoms with Crippen LogP contribution in [0.25, 0.3) is 0 Å². The number of aryl methyl sites for hydroxylation is 1. The Morgan fingerprint density at radius 3 is 2.63 bits per heavy atom. The zero-order valence-electron chi connectivity index (χ0n) is 12.4. The smallest absolute Gasteiger partial charge is 0.0620 e. The number of hydrogen-bond acceptors (Lipinski definition) is 3. The van der Waals surface area contributed by atoms with Gasteiger partial charge >= 0.3 is 0 Å². The molecule has 1 saturated carbocycles. The summed E-state index contributed by atoms with van der Waals surface area (Å²) in [5, 5.41) is 0. The first-order valence-electron chi connectivity index (χ1n) is 7.31. The Morgan fingerprint density at radius 1 is 1.37 bits per heavy atom. The van der Waals surface area contributed by atoms with E-state index in [-0.39, 0.29) is 5.54 Å². The molecule has 0 atom stereocenters. The third kappa shape index (κ3) is 2.77. The lowest BCUT2D eigenvalue weighted by atomic mass is 9.72. The second-order valence-electron chi connectivity index (χ2n) is 5.50. The van der Waals surface area contributed by atoms with Crippen molar-refractivity contribution in [2.24, 2.45) is 5.73 Å². The molecule has 19 heavy (non-hydrogen) atoms. The van der Waals surface area contributed by atoms with Gasteiger partial charge < -0.3 is 15.4 Å². The van der Waals surface area contributed by atoms with E-state index in [1.165, 1.54) is 11.3 Å². The predicted octanol–water partition coefficient (Wildman–Crippen LogP) is 2.72. The Hall–Kier alpha value is -1.06. The van der Waals surface area contributed by atoms with Crippen molar-refractivity contribution >= 4 is 5.69 Å². The zero-order chi connectivity index (χ0) is 13.9.